The first-order valence-electron chi connectivity index (χ1n) is 10.9. The van der Waals surface area contributed by atoms with Crippen LogP contribution in [0.15, 0.2) is 52.3 Å². The number of nitrogens with zero attached hydrogens (tertiary/aromatic N) is 1. The van der Waals surface area contributed by atoms with Crippen molar-refractivity contribution in [2.24, 2.45) is 0 Å². The zero-order chi connectivity index (χ0) is 23.0. The third kappa shape index (κ3) is 6.84. The Morgan fingerprint density at radius 3 is 2.75 bits per heavy atom. The molecule has 1 heterocycles. The van der Waals surface area contributed by atoms with Crippen molar-refractivity contribution >= 4 is 52.8 Å². The topological polar surface area (TPSA) is 72.8 Å². The van der Waals surface area contributed by atoms with Gasteiger partial charge in [-0.15, -0.1) is 23.5 Å². The van der Waals surface area contributed by atoms with Crippen molar-refractivity contribution < 1.29 is 15.0 Å². The van der Waals surface area contributed by atoms with Gasteiger partial charge in [0.25, 0.3) is 0 Å². The molecule has 0 amide bonds. The molecule has 32 heavy (non-hydrogen) atoms. The molecule has 0 unspecified atom stereocenters. The van der Waals surface area contributed by atoms with Crippen molar-refractivity contribution in [3.05, 3.63) is 48.0 Å². The molecule has 1 atom stereocenters. The first-order chi connectivity index (χ1) is 15.5. The quantitative estimate of drug-likeness (QED) is 0.269. The van der Waals surface area contributed by atoms with Crippen molar-refractivity contribution in [2.45, 2.75) is 54.2 Å². The Balaban J connectivity index is 2.02. The molecule has 0 radical (unpaired) electrons. The fourth-order valence-corrected chi connectivity index (χ4v) is 6.36. The minimum absolute atomic E-state index is 0.0494. The van der Waals surface area contributed by atoms with Crippen LogP contribution in [0.4, 0.5) is 11.4 Å². The SMILES string of the molecule is CCCC[C@@]1(C)CN(c2ccccc2)c2cc(SCCO)c(CSCC(=O)O)cc2SN1. The maximum Gasteiger partial charge on any atom is 0.313 e. The molecule has 1 aliphatic heterocycles. The van der Waals surface area contributed by atoms with E-state index in [1.54, 1.807) is 23.7 Å². The standard InChI is InChI=1S/C24H32N2O3S3/c1-3-4-10-24(2)17-26(19-8-6-5-7-9-19)20-14-21(31-12-11-27)18(13-22(20)32-25-24)15-30-16-23(28)29/h5-9,13-14,25,27H,3-4,10-12,15-17H2,1-2H3,(H,28,29)/t24-/m0/s1. The number of carboxylic acids is 1. The number of nitrogens with one attached hydrogen (secondary N) is 1. The van der Waals surface area contributed by atoms with Crippen LogP contribution in [0.2, 0.25) is 0 Å². The summed E-state index contributed by atoms with van der Waals surface area (Å²) in [4.78, 5) is 15.7. The van der Waals surface area contributed by atoms with E-state index in [2.05, 4.69) is 59.9 Å². The van der Waals surface area contributed by atoms with Crippen LogP contribution < -0.4 is 9.62 Å². The molecule has 0 bridgehead atoms. The third-order valence-corrected chi connectivity index (χ3v) is 8.51. The Morgan fingerprint density at radius 2 is 2.06 bits per heavy atom. The number of fused-ring (bicyclic) bond motifs is 1. The van der Waals surface area contributed by atoms with Gasteiger partial charge in [-0.25, -0.2) is 0 Å². The van der Waals surface area contributed by atoms with Crippen LogP contribution in [-0.2, 0) is 10.5 Å². The predicted octanol–water partition coefficient (Wildman–Crippen LogP) is 5.79. The molecule has 1 aliphatic rings. The van der Waals surface area contributed by atoms with Crippen molar-refractivity contribution in [1.82, 2.24) is 4.72 Å². The normalized spacial score (nSPS) is 18.3. The summed E-state index contributed by atoms with van der Waals surface area (Å²) in [6.45, 7) is 5.48. The van der Waals surface area contributed by atoms with Crippen molar-refractivity contribution in [2.75, 3.05) is 29.6 Å². The number of aliphatic hydroxyl groups is 1. The number of hydrogen-bond donors (Lipinski definition) is 3. The van der Waals surface area contributed by atoms with Crippen LogP contribution in [0.1, 0.15) is 38.7 Å². The molecule has 3 N–H and O–H groups in total. The fraction of sp³-hybridized carbons (Fsp3) is 0.458. The first-order valence-corrected chi connectivity index (χ1v) is 13.9. The largest absolute Gasteiger partial charge is 0.481 e. The van der Waals surface area contributed by atoms with Gasteiger partial charge in [-0.2, -0.15) is 0 Å². The van der Waals surface area contributed by atoms with Gasteiger partial charge in [-0.1, -0.05) is 38.0 Å². The lowest BCUT2D eigenvalue weighted by molar-refractivity contribution is -0.133. The summed E-state index contributed by atoms with van der Waals surface area (Å²) >= 11 is 4.71. The Bertz CT molecular complexity index is 898. The Labute approximate surface area is 203 Å². The molecule has 2 aromatic rings. The Hall–Kier alpha value is -1.32. The highest BCUT2D eigenvalue weighted by Gasteiger charge is 2.32. The van der Waals surface area contributed by atoms with E-state index >= 15 is 0 Å². The minimum Gasteiger partial charge on any atom is -0.481 e. The van der Waals surface area contributed by atoms with Gasteiger partial charge in [-0.05, 0) is 55.1 Å². The summed E-state index contributed by atoms with van der Waals surface area (Å²) in [7, 11) is 0. The number of anilines is 2. The number of carboxylic acid groups (broad SMARTS) is 1. The van der Waals surface area contributed by atoms with Crippen LogP contribution in [0.3, 0.4) is 0 Å². The van der Waals surface area contributed by atoms with Gasteiger partial charge in [0.2, 0.25) is 0 Å². The fourth-order valence-electron chi connectivity index (χ4n) is 3.71. The van der Waals surface area contributed by atoms with E-state index in [1.165, 1.54) is 11.8 Å². The van der Waals surface area contributed by atoms with Gasteiger partial charge in [0.05, 0.1) is 18.0 Å². The van der Waals surface area contributed by atoms with Crippen molar-refractivity contribution in [1.29, 1.82) is 0 Å². The smallest absolute Gasteiger partial charge is 0.313 e. The average Bonchev–Trinajstić information content (AvgIpc) is 2.93. The summed E-state index contributed by atoms with van der Waals surface area (Å²) in [5.74, 6) is 0.525. The molecule has 0 aliphatic carbocycles. The van der Waals surface area contributed by atoms with Crippen molar-refractivity contribution in [3.63, 3.8) is 0 Å². The van der Waals surface area contributed by atoms with Gasteiger partial charge in [0, 0.05) is 39.1 Å². The highest BCUT2D eigenvalue weighted by molar-refractivity contribution is 8.00. The molecule has 2 aromatic carbocycles. The molecule has 0 aromatic heterocycles. The lowest BCUT2D eigenvalue weighted by Gasteiger charge is -2.34. The second-order valence-electron chi connectivity index (χ2n) is 8.18. The maximum absolute atomic E-state index is 11.0. The third-order valence-electron chi connectivity index (χ3n) is 5.33. The van der Waals surface area contributed by atoms with Gasteiger partial charge >= 0.3 is 5.97 Å². The zero-order valence-corrected chi connectivity index (χ0v) is 21.1. The maximum atomic E-state index is 11.0. The second kappa shape index (κ2) is 12.2. The summed E-state index contributed by atoms with van der Waals surface area (Å²) in [5, 5.41) is 18.4. The molecule has 5 nitrogen and oxygen atoms in total. The van der Waals surface area contributed by atoms with Crippen LogP contribution >= 0.6 is 35.5 Å². The van der Waals surface area contributed by atoms with E-state index in [-0.39, 0.29) is 17.9 Å². The van der Waals surface area contributed by atoms with Crippen LogP contribution in [0.25, 0.3) is 0 Å². The predicted molar refractivity (Wildman–Crippen MR) is 138 cm³/mol. The number of thioether (sulfide) groups is 2. The van der Waals surface area contributed by atoms with Gasteiger partial charge in [0.15, 0.2) is 0 Å². The van der Waals surface area contributed by atoms with E-state index in [4.69, 9.17) is 5.11 Å². The number of rotatable bonds is 11. The van der Waals surface area contributed by atoms with E-state index < -0.39 is 5.97 Å². The molecular weight excluding hydrogens is 460 g/mol. The molecule has 8 heteroatoms. The van der Waals surface area contributed by atoms with E-state index in [0.717, 1.165) is 52.5 Å². The zero-order valence-electron chi connectivity index (χ0n) is 18.7. The number of aliphatic carboxylic acids is 1. The van der Waals surface area contributed by atoms with E-state index in [0.29, 0.717) is 11.5 Å². The molecule has 0 fully saturated rings. The summed E-state index contributed by atoms with van der Waals surface area (Å²) in [5.41, 5.74) is 3.38. The number of carbonyl (C=O) groups is 1. The monoisotopic (exact) mass is 492 g/mol. The molecule has 3 rings (SSSR count). The molecule has 0 saturated heterocycles. The number of unbranched alkanes of at least 4 members (excludes halogenated alkanes) is 1. The summed E-state index contributed by atoms with van der Waals surface area (Å²) in [6.07, 6.45) is 3.41. The first kappa shape index (κ1) is 25.3. The van der Waals surface area contributed by atoms with E-state index in [1.807, 2.05) is 6.07 Å². The van der Waals surface area contributed by atoms with Gasteiger partial charge in [0.1, 0.15) is 0 Å². The minimum atomic E-state index is -0.799. The second-order valence-corrected chi connectivity index (χ2v) is 11.1. The number of hydrogen-bond acceptors (Lipinski definition) is 7. The lowest BCUT2D eigenvalue weighted by Crippen LogP contribution is -2.46. The number of aliphatic hydroxyl groups excluding tert-OH is 1. The molecular formula is C24H32N2O3S3. The highest BCUT2D eigenvalue weighted by atomic mass is 32.2. The number of benzene rings is 2. The molecule has 0 spiro atoms. The molecule has 174 valence electrons. The Morgan fingerprint density at radius 1 is 1.28 bits per heavy atom. The Kier molecular flexibility index (Phi) is 9.67. The van der Waals surface area contributed by atoms with Crippen molar-refractivity contribution in [3.8, 4) is 0 Å². The summed E-state index contributed by atoms with van der Waals surface area (Å²) in [6, 6.07) is 14.9. The van der Waals surface area contributed by atoms with Crippen LogP contribution in [0, 0.1) is 0 Å². The van der Waals surface area contributed by atoms with Gasteiger partial charge < -0.3 is 15.1 Å². The number of para-hydroxylation sites is 1. The van der Waals surface area contributed by atoms with Crippen LogP contribution in [-0.4, -0.2) is 46.4 Å². The average molecular weight is 493 g/mol. The highest BCUT2D eigenvalue weighted by Crippen LogP contribution is 2.43. The van der Waals surface area contributed by atoms with E-state index in [9.17, 15) is 9.90 Å². The summed E-state index contributed by atoms with van der Waals surface area (Å²) < 4.78 is 3.74. The van der Waals surface area contributed by atoms with Gasteiger partial charge in [-0.3, -0.25) is 9.52 Å². The lowest BCUT2D eigenvalue weighted by atomic mass is 9.95. The molecule has 0 saturated carbocycles. The van der Waals surface area contributed by atoms with Crippen LogP contribution in [0.5, 0.6) is 0 Å².